The number of nitrogens with zero attached hydrogens (tertiary/aromatic N) is 1. The lowest BCUT2D eigenvalue weighted by Crippen LogP contribution is -2.47. The van der Waals surface area contributed by atoms with Gasteiger partial charge in [0.15, 0.2) is 5.96 Å². The summed E-state index contributed by atoms with van der Waals surface area (Å²) in [6, 6.07) is 0.366. The number of guanidine groups is 1. The molecule has 24 heavy (non-hydrogen) atoms. The van der Waals surface area contributed by atoms with Crippen LogP contribution in [0.3, 0.4) is 0 Å². The number of sulfone groups is 1. The topological polar surface area (TPSA) is 79.8 Å². The van der Waals surface area contributed by atoms with Crippen LogP contribution >= 0.6 is 0 Å². The third kappa shape index (κ3) is 8.87. The summed E-state index contributed by atoms with van der Waals surface area (Å²) in [5.41, 5.74) is 0. The number of aliphatic imine (C=N–C) groups is 1. The zero-order valence-corrected chi connectivity index (χ0v) is 16.5. The van der Waals surface area contributed by atoms with E-state index in [1.54, 1.807) is 7.05 Å². The Bertz CT molecular complexity index is 473. The number of hydrogen-bond acceptors (Lipinski definition) is 4. The van der Waals surface area contributed by atoms with Crippen molar-refractivity contribution in [1.29, 1.82) is 0 Å². The number of nitrogens with one attached hydrogen (secondary N) is 2. The van der Waals surface area contributed by atoms with Crippen LogP contribution in [0.2, 0.25) is 0 Å². The molecule has 0 saturated heterocycles. The van der Waals surface area contributed by atoms with Gasteiger partial charge in [-0.1, -0.05) is 39.0 Å². The third-order valence-corrected chi connectivity index (χ3v) is 5.82. The highest BCUT2D eigenvalue weighted by Crippen LogP contribution is 2.31. The average molecular weight is 362 g/mol. The van der Waals surface area contributed by atoms with Crippen molar-refractivity contribution in [3.05, 3.63) is 0 Å². The van der Waals surface area contributed by atoms with Gasteiger partial charge in [0, 0.05) is 25.9 Å². The molecule has 0 heterocycles. The van der Waals surface area contributed by atoms with Crippen molar-refractivity contribution in [2.75, 3.05) is 38.8 Å². The quantitative estimate of drug-likeness (QED) is 0.372. The lowest BCUT2D eigenvalue weighted by molar-refractivity contribution is 0.153. The smallest absolute Gasteiger partial charge is 0.191 e. The van der Waals surface area contributed by atoms with Gasteiger partial charge in [-0.2, -0.15) is 0 Å². The lowest BCUT2D eigenvalue weighted by Gasteiger charge is -2.32. The molecular formula is C17H35N3O3S. The Morgan fingerprint density at radius 2 is 1.88 bits per heavy atom. The van der Waals surface area contributed by atoms with Gasteiger partial charge in [0.25, 0.3) is 0 Å². The second-order valence-electron chi connectivity index (χ2n) is 6.93. The number of rotatable bonds is 9. The summed E-state index contributed by atoms with van der Waals surface area (Å²) in [7, 11) is -1.19. The normalized spacial score (nSPS) is 19.8. The Balaban J connectivity index is 2.23. The van der Waals surface area contributed by atoms with E-state index in [0.29, 0.717) is 25.1 Å². The largest absolute Gasteiger partial charge is 0.379 e. The zero-order chi connectivity index (χ0) is 18.0. The van der Waals surface area contributed by atoms with Gasteiger partial charge >= 0.3 is 0 Å². The van der Waals surface area contributed by atoms with E-state index in [0.717, 1.165) is 11.9 Å². The highest BCUT2D eigenvalue weighted by atomic mass is 32.2. The fraction of sp³-hybridized carbons (Fsp3) is 0.941. The van der Waals surface area contributed by atoms with Crippen LogP contribution in [0.25, 0.3) is 0 Å². The standard InChI is InChI=1S/C17H35N3O3S/c1-14(16-8-6-5-7-9-16)15(2)20-17(18-3)19-10-11-23-12-13-24(4,21)22/h14-16H,5-13H2,1-4H3,(H2,18,19,20). The molecule has 0 spiro atoms. The van der Waals surface area contributed by atoms with Gasteiger partial charge in [0.05, 0.1) is 19.0 Å². The van der Waals surface area contributed by atoms with Crippen LogP contribution in [0.5, 0.6) is 0 Å². The molecule has 142 valence electrons. The van der Waals surface area contributed by atoms with E-state index in [1.807, 2.05) is 0 Å². The minimum Gasteiger partial charge on any atom is -0.379 e. The van der Waals surface area contributed by atoms with Crippen LogP contribution in [-0.4, -0.2) is 59.2 Å². The van der Waals surface area contributed by atoms with Crippen molar-refractivity contribution in [3.8, 4) is 0 Å². The maximum absolute atomic E-state index is 11.0. The molecule has 1 saturated carbocycles. The summed E-state index contributed by atoms with van der Waals surface area (Å²) < 4.78 is 27.3. The Morgan fingerprint density at radius 3 is 2.46 bits per heavy atom. The predicted molar refractivity (Wildman–Crippen MR) is 100 cm³/mol. The molecule has 1 fully saturated rings. The van der Waals surface area contributed by atoms with Crippen molar-refractivity contribution >= 4 is 15.8 Å². The van der Waals surface area contributed by atoms with Crippen LogP contribution in [0.1, 0.15) is 46.0 Å². The van der Waals surface area contributed by atoms with Crippen LogP contribution in [0, 0.1) is 11.8 Å². The van der Waals surface area contributed by atoms with Crippen molar-refractivity contribution in [2.45, 2.75) is 52.0 Å². The number of hydrogen-bond donors (Lipinski definition) is 2. The number of ether oxygens (including phenoxy) is 1. The fourth-order valence-corrected chi connectivity index (χ4v) is 3.58. The van der Waals surface area contributed by atoms with Gasteiger partial charge in [0.2, 0.25) is 0 Å². The summed E-state index contributed by atoms with van der Waals surface area (Å²) in [6.07, 6.45) is 8.00. The molecule has 0 aromatic rings. The van der Waals surface area contributed by atoms with E-state index in [-0.39, 0.29) is 12.4 Å². The summed E-state index contributed by atoms with van der Waals surface area (Å²) in [5, 5.41) is 6.69. The predicted octanol–water partition coefficient (Wildman–Crippen LogP) is 1.82. The first-order chi connectivity index (χ1) is 11.3. The van der Waals surface area contributed by atoms with E-state index in [1.165, 1.54) is 38.4 Å². The van der Waals surface area contributed by atoms with Crippen molar-refractivity contribution in [1.82, 2.24) is 10.6 Å². The van der Waals surface area contributed by atoms with Crippen LogP contribution < -0.4 is 10.6 Å². The highest BCUT2D eigenvalue weighted by molar-refractivity contribution is 7.90. The van der Waals surface area contributed by atoms with Gasteiger partial charge in [-0.3, -0.25) is 4.99 Å². The summed E-state index contributed by atoms with van der Waals surface area (Å²) >= 11 is 0. The fourth-order valence-electron chi connectivity index (χ4n) is 3.16. The molecule has 1 rings (SSSR count). The first-order valence-electron chi connectivity index (χ1n) is 9.06. The second kappa shape index (κ2) is 10.9. The Hall–Kier alpha value is -0.820. The van der Waals surface area contributed by atoms with Gasteiger partial charge < -0.3 is 15.4 Å². The van der Waals surface area contributed by atoms with Crippen molar-refractivity contribution < 1.29 is 13.2 Å². The molecular weight excluding hydrogens is 326 g/mol. The molecule has 0 aliphatic heterocycles. The van der Waals surface area contributed by atoms with E-state index < -0.39 is 9.84 Å². The van der Waals surface area contributed by atoms with Gasteiger partial charge in [-0.25, -0.2) is 8.42 Å². The second-order valence-corrected chi connectivity index (χ2v) is 9.19. The molecule has 0 radical (unpaired) electrons. The molecule has 0 amide bonds. The van der Waals surface area contributed by atoms with Crippen LogP contribution in [0.4, 0.5) is 0 Å². The van der Waals surface area contributed by atoms with Crippen LogP contribution in [-0.2, 0) is 14.6 Å². The minimum absolute atomic E-state index is 0.0654. The molecule has 6 nitrogen and oxygen atoms in total. The summed E-state index contributed by atoms with van der Waals surface area (Å²) in [5.74, 6) is 2.26. The van der Waals surface area contributed by atoms with Gasteiger partial charge in [0.1, 0.15) is 9.84 Å². The Kier molecular flexibility index (Phi) is 9.66. The minimum atomic E-state index is -2.95. The van der Waals surface area contributed by atoms with Crippen molar-refractivity contribution in [2.24, 2.45) is 16.8 Å². The molecule has 2 unspecified atom stereocenters. The zero-order valence-electron chi connectivity index (χ0n) is 15.7. The molecule has 2 N–H and O–H groups in total. The SMILES string of the molecule is CN=C(NCCOCCS(C)(=O)=O)NC(C)C(C)C1CCCCC1. The third-order valence-electron chi connectivity index (χ3n) is 4.91. The first-order valence-corrected chi connectivity index (χ1v) is 11.1. The van der Waals surface area contributed by atoms with Gasteiger partial charge in [-0.15, -0.1) is 0 Å². The van der Waals surface area contributed by atoms with E-state index >= 15 is 0 Å². The Labute approximate surface area is 147 Å². The van der Waals surface area contributed by atoms with Gasteiger partial charge in [-0.05, 0) is 18.8 Å². The van der Waals surface area contributed by atoms with E-state index in [9.17, 15) is 8.42 Å². The van der Waals surface area contributed by atoms with E-state index in [2.05, 4.69) is 29.5 Å². The molecule has 7 heteroatoms. The molecule has 0 aromatic carbocycles. The van der Waals surface area contributed by atoms with Crippen LogP contribution in [0.15, 0.2) is 4.99 Å². The molecule has 2 atom stereocenters. The average Bonchev–Trinajstić information content (AvgIpc) is 2.55. The Morgan fingerprint density at radius 1 is 1.21 bits per heavy atom. The summed E-state index contributed by atoms with van der Waals surface area (Å²) in [6.45, 7) is 5.85. The first kappa shape index (κ1) is 21.2. The molecule has 1 aliphatic rings. The van der Waals surface area contributed by atoms with E-state index in [4.69, 9.17) is 4.74 Å². The lowest BCUT2D eigenvalue weighted by atomic mass is 9.78. The maximum atomic E-state index is 11.0. The highest BCUT2D eigenvalue weighted by Gasteiger charge is 2.24. The summed E-state index contributed by atoms with van der Waals surface area (Å²) in [4.78, 5) is 4.26. The maximum Gasteiger partial charge on any atom is 0.191 e. The molecule has 0 bridgehead atoms. The molecule has 0 aromatic heterocycles. The van der Waals surface area contributed by atoms with Crippen molar-refractivity contribution in [3.63, 3.8) is 0 Å². The monoisotopic (exact) mass is 361 g/mol. The molecule has 1 aliphatic carbocycles.